The quantitative estimate of drug-likeness (QED) is 0.0869. The number of hydrogen-bond acceptors (Lipinski definition) is 2. The number of rotatable bonds is 0. The fourth-order valence-electron chi connectivity index (χ4n) is 12.4. The third kappa shape index (κ3) is 4.94. The molecule has 6 N–H and O–H groups in total. The van der Waals surface area contributed by atoms with Crippen molar-refractivity contribution in [2.75, 3.05) is 0 Å². The second-order valence-corrected chi connectivity index (χ2v) is 19.2. The monoisotopic (exact) mass is 918 g/mol. The van der Waals surface area contributed by atoms with Crippen LogP contribution >= 0.6 is 0 Å². The summed E-state index contributed by atoms with van der Waals surface area (Å²) in [5.74, 6) is 0. The molecule has 72 heavy (non-hydrogen) atoms. The minimum Gasteiger partial charge on any atom is -0.351 e. The van der Waals surface area contributed by atoms with E-state index in [4.69, 9.17) is 9.98 Å². The van der Waals surface area contributed by atoms with Gasteiger partial charge >= 0.3 is 0 Å². The number of fused-ring (bicyclic) bond motifs is 4. The highest BCUT2D eigenvalue weighted by Gasteiger charge is 2.30. The maximum Gasteiger partial charge on any atom is 0.0958 e. The van der Waals surface area contributed by atoms with Crippen LogP contribution in [-0.4, -0.2) is 41.3 Å². The van der Waals surface area contributed by atoms with Gasteiger partial charge in [0.15, 0.2) is 0 Å². The maximum atomic E-state index is 5.69. The Balaban J connectivity index is 1.10. The van der Waals surface area contributed by atoms with Gasteiger partial charge in [-0.2, -0.15) is 0 Å². The molecule has 17 rings (SSSR count). The molecule has 0 unspecified atom stereocenters. The van der Waals surface area contributed by atoms with Crippen molar-refractivity contribution in [1.82, 2.24) is 29.9 Å². The second kappa shape index (κ2) is 13.9. The molecule has 16 bridgehead atoms. The Morgan fingerprint density at radius 3 is 0.736 bits per heavy atom. The van der Waals surface area contributed by atoms with Crippen molar-refractivity contribution >= 4 is 87.5 Å². The van der Waals surface area contributed by atoms with Crippen molar-refractivity contribution in [3.05, 3.63) is 260 Å². The normalized spacial score (nSPS) is 13.7. The van der Waals surface area contributed by atoms with E-state index in [1.54, 1.807) is 0 Å². The third-order valence-corrected chi connectivity index (χ3v) is 15.6. The van der Waals surface area contributed by atoms with Gasteiger partial charge in [-0.05, 0) is 0 Å². The molecule has 8 heteroatoms. The molecule has 8 nitrogen and oxygen atoms in total. The molecule has 0 amide bonds. The number of nitrogens with one attached hydrogen (secondary N) is 6. The summed E-state index contributed by atoms with van der Waals surface area (Å²) in [6, 6.07) is 69.5. The smallest absolute Gasteiger partial charge is 0.0958 e. The lowest BCUT2D eigenvalue weighted by Crippen LogP contribution is -2.07. The van der Waals surface area contributed by atoms with Gasteiger partial charge in [0.1, 0.15) is 0 Å². The van der Waals surface area contributed by atoms with Gasteiger partial charge in [-0.15, -0.1) is 0 Å². The Bertz CT molecular complexity index is 4860. The minimum atomic E-state index is 0.907. The molecule has 0 spiro atoms. The number of benzene rings is 8. The summed E-state index contributed by atoms with van der Waals surface area (Å²) in [6.45, 7) is 0. The second-order valence-electron chi connectivity index (χ2n) is 19.2. The first-order chi connectivity index (χ1) is 35.7. The Hall–Kier alpha value is -9.92. The Morgan fingerprint density at radius 1 is 0.194 bits per heavy atom. The van der Waals surface area contributed by atoms with Gasteiger partial charge in [-0.25, -0.2) is 9.98 Å². The largest absolute Gasteiger partial charge is 0.351 e. The highest BCUT2D eigenvalue weighted by atomic mass is 14.9. The minimum absolute atomic E-state index is 0.907. The van der Waals surface area contributed by atoms with Gasteiger partial charge < -0.3 is 29.9 Å². The topological polar surface area (TPSA) is 119 Å². The summed E-state index contributed by atoms with van der Waals surface area (Å²) < 4.78 is 0. The standard InChI is InChI=1S/C64H38N8/c1-2-18-34-33(17-1)49-51-35-19-3-4-20-36(35)53(66-51)54-39-23-7-8-24-40(39)57(68-54)58-43-27-11-12-28-44(43)61(70-58)62-47-31-15-16-32-48(47)64(72-62)63-46-30-14-13-29-45(46)60(71-63)59-42-26-10-9-25-41(42)56(69-59)55-38-22-6-5-21-37(38)52(67-55)50(34)65-49/h1-32,65-67,70-72H. The van der Waals surface area contributed by atoms with Crippen molar-refractivity contribution in [2.45, 2.75) is 0 Å². The Labute approximate surface area is 408 Å². The predicted molar refractivity (Wildman–Crippen MR) is 292 cm³/mol. The van der Waals surface area contributed by atoms with Crippen LogP contribution in [0.25, 0.3) is 98.8 Å². The van der Waals surface area contributed by atoms with Crippen molar-refractivity contribution in [3.8, 4) is 22.8 Å². The molecule has 0 saturated carbocycles. The molecule has 0 fully saturated rings. The highest BCUT2D eigenvalue weighted by Crippen LogP contribution is 2.44. The molecule has 3 aliphatic rings. The summed E-state index contributed by atoms with van der Waals surface area (Å²) in [5, 5.41) is 19.4. The summed E-state index contributed by atoms with van der Waals surface area (Å²) >= 11 is 0. The lowest BCUT2D eigenvalue weighted by molar-refractivity contribution is 1.16. The summed E-state index contributed by atoms with van der Waals surface area (Å²) in [5.41, 5.74) is 14.0. The molecule has 0 atom stereocenters. The molecule has 14 aromatic rings. The third-order valence-electron chi connectivity index (χ3n) is 15.6. The molecule has 8 aromatic carbocycles. The molecule has 0 saturated heterocycles. The van der Waals surface area contributed by atoms with Crippen LogP contribution in [0, 0.1) is 21.4 Å². The zero-order valence-corrected chi connectivity index (χ0v) is 38.4. The van der Waals surface area contributed by atoms with Crippen molar-refractivity contribution in [1.29, 1.82) is 0 Å². The van der Waals surface area contributed by atoms with Crippen LogP contribution < -0.4 is 10.7 Å². The molecule has 334 valence electrons. The summed E-state index contributed by atoms with van der Waals surface area (Å²) in [7, 11) is 0. The van der Waals surface area contributed by atoms with E-state index in [-0.39, 0.29) is 0 Å². The molecule has 8 heterocycles. The van der Waals surface area contributed by atoms with E-state index in [2.05, 4.69) is 224 Å². The van der Waals surface area contributed by atoms with Crippen molar-refractivity contribution in [2.24, 2.45) is 9.98 Å². The zero-order valence-electron chi connectivity index (χ0n) is 38.4. The number of aliphatic imine (C=N–C) groups is 2. The molecule has 6 aromatic heterocycles. The van der Waals surface area contributed by atoms with Crippen LogP contribution in [0.5, 0.6) is 0 Å². The average molecular weight is 919 g/mol. The lowest BCUT2D eigenvalue weighted by atomic mass is 10.00. The number of H-pyrrole nitrogens is 6. The van der Waals surface area contributed by atoms with E-state index in [0.717, 1.165) is 176 Å². The first-order valence-corrected chi connectivity index (χ1v) is 24.5. The van der Waals surface area contributed by atoms with E-state index in [1.165, 1.54) is 0 Å². The van der Waals surface area contributed by atoms with Crippen molar-refractivity contribution in [3.63, 3.8) is 0 Å². The van der Waals surface area contributed by atoms with Gasteiger partial charge in [0.05, 0.1) is 89.1 Å². The zero-order chi connectivity index (χ0) is 46.8. The number of aromatic amines is 6. The van der Waals surface area contributed by atoms with Crippen LogP contribution in [0.2, 0.25) is 0 Å². The number of hydrogen-bond donors (Lipinski definition) is 6. The van der Waals surface area contributed by atoms with Crippen LogP contribution in [0.4, 0.5) is 0 Å². The first kappa shape index (κ1) is 38.0. The van der Waals surface area contributed by atoms with Crippen LogP contribution in [-0.2, 0) is 0 Å². The molecule has 0 radical (unpaired) electrons. The fraction of sp³-hybridized carbons (Fsp3) is 0. The SMILES string of the molecule is c1ccc2c(c1)C1=NC2=c2[nH]c(c3ccccc23)=c2[nH]c(c3ccccc23)=c2[nH]c(c3ccccc23)=C2N=C(c3ccccc32)c2[nH]c(c3ccccc23)-c2[nH]c(c3ccccc23)-c2[nH]c1c1ccccc21. The molecular weight excluding hydrogens is 881 g/mol. The van der Waals surface area contributed by atoms with Crippen LogP contribution in [0.15, 0.2) is 204 Å². The molecular formula is C64H38N8. The lowest BCUT2D eigenvalue weighted by Gasteiger charge is -2.02. The van der Waals surface area contributed by atoms with E-state index in [9.17, 15) is 0 Å². The van der Waals surface area contributed by atoms with E-state index >= 15 is 0 Å². The Morgan fingerprint density at radius 2 is 0.417 bits per heavy atom. The van der Waals surface area contributed by atoms with Gasteiger partial charge in [0, 0.05) is 86.9 Å². The first-order valence-electron chi connectivity index (χ1n) is 24.5. The average Bonchev–Trinajstić information content (AvgIpc) is 4.32. The van der Waals surface area contributed by atoms with Gasteiger partial charge in [-0.3, -0.25) is 0 Å². The van der Waals surface area contributed by atoms with Gasteiger partial charge in [-0.1, -0.05) is 194 Å². The van der Waals surface area contributed by atoms with Crippen LogP contribution in [0.1, 0.15) is 33.6 Å². The van der Waals surface area contributed by atoms with E-state index in [1.807, 2.05) is 0 Å². The highest BCUT2D eigenvalue weighted by molar-refractivity contribution is 6.28. The predicted octanol–water partition coefficient (Wildman–Crippen LogP) is 12.8. The van der Waals surface area contributed by atoms with Gasteiger partial charge in [0.2, 0.25) is 0 Å². The molecule has 2 aliphatic heterocycles. The fourth-order valence-corrected chi connectivity index (χ4v) is 12.4. The van der Waals surface area contributed by atoms with Crippen molar-refractivity contribution < 1.29 is 0 Å². The maximum absolute atomic E-state index is 5.69. The van der Waals surface area contributed by atoms with E-state index in [0.29, 0.717) is 0 Å². The summed E-state index contributed by atoms with van der Waals surface area (Å²) in [4.78, 5) is 35.5. The van der Waals surface area contributed by atoms with E-state index < -0.39 is 0 Å². The number of aromatic nitrogens is 6. The van der Waals surface area contributed by atoms with Gasteiger partial charge in [0.25, 0.3) is 0 Å². The molecule has 1 aliphatic carbocycles. The summed E-state index contributed by atoms with van der Waals surface area (Å²) in [6.07, 6.45) is 0. The Kier molecular flexibility index (Phi) is 7.32. The van der Waals surface area contributed by atoms with Crippen LogP contribution in [0.3, 0.4) is 0 Å². The number of nitrogens with zero attached hydrogens (tertiary/aromatic N) is 2.